The molecule has 1 aliphatic carbocycles. The van der Waals surface area contributed by atoms with Gasteiger partial charge in [-0.1, -0.05) is 170 Å². The van der Waals surface area contributed by atoms with Crippen LogP contribution in [0.3, 0.4) is 0 Å². The van der Waals surface area contributed by atoms with Crippen molar-refractivity contribution < 1.29 is 0 Å². The zero-order valence-electron chi connectivity index (χ0n) is 30.2. The van der Waals surface area contributed by atoms with E-state index in [9.17, 15) is 0 Å². The van der Waals surface area contributed by atoms with Crippen LogP contribution in [0.4, 0.5) is 0 Å². The molecule has 1 aliphatic rings. The van der Waals surface area contributed by atoms with Gasteiger partial charge in [0.15, 0.2) is 0 Å². The topological polar surface area (TPSA) is 4.93 Å². The molecule has 1 heteroatoms. The van der Waals surface area contributed by atoms with Crippen LogP contribution in [-0.2, 0) is 11.8 Å². The highest BCUT2D eigenvalue weighted by Crippen LogP contribution is 2.53. The molecule has 0 amide bonds. The largest absolute Gasteiger partial charge is 0.309 e. The van der Waals surface area contributed by atoms with Gasteiger partial charge in [-0.2, -0.15) is 0 Å². The number of benzene rings is 9. The second-order valence-electron chi connectivity index (χ2n) is 14.7. The van der Waals surface area contributed by atoms with Gasteiger partial charge in [0, 0.05) is 22.0 Å². The van der Waals surface area contributed by atoms with Crippen LogP contribution in [0.25, 0.3) is 60.2 Å². The minimum Gasteiger partial charge on any atom is -0.309 e. The molecule has 11 rings (SSSR count). The van der Waals surface area contributed by atoms with Gasteiger partial charge in [-0.3, -0.25) is 0 Å². The molecular formula is C54H35N. The summed E-state index contributed by atoms with van der Waals surface area (Å²) in [5, 5.41) is 7.74. The third-order valence-corrected chi connectivity index (χ3v) is 11.6. The monoisotopic (exact) mass is 697 g/mol. The lowest BCUT2D eigenvalue weighted by Gasteiger charge is -2.28. The molecule has 256 valence electrons. The molecule has 1 atom stereocenters. The van der Waals surface area contributed by atoms with Crippen molar-refractivity contribution in [2.75, 3.05) is 0 Å². The fourth-order valence-electron chi connectivity index (χ4n) is 9.21. The van der Waals surface area contributed by atoms with Gasteiger partial charge in [0.25, 0.3) is 0 Å². The molecule has 0 saturated carbocycles. The van der Waals surface area contributed by atoms with Crippen molar-refractivity contribution in [3.63, 3.8) is 0 Å². The lowest BCUT2D eigenvalue weighted by Crippen LogP contribution is -2.25. The fourth-order valence-corrected chi connectivity index (χ4v) is 9.21. The van der Waals surface area contributed by atoms with E-state index in [-0.39, 0.29) is 0 Å². The van der Waals surface area contributed by atoms with Crippen molar-refractivity contribution >= 4 is 43.4 Å². The highest BCUT2D eigenvalue weighted by atomic mass is 15.0. The summed E-state index contributed by atoms with van der Waals surface area (Å²) in [5.41, 5.74) is 12.6. The predicted octanol–water partition coefficient (Wildman–Crippen LogP) is 13.0. The number of hydrogen-bond acceptors (Lipinski definition) is 0. The molecule has 9 aromatic carbocycles. The standard InChI is InChI=1S/C54H35N/c1-3-15-37(16-4-1)31-32-54(41-18-5-2-6-19-41)50-25-13-11-23-46(50)47-29-28-42(36-51(47)54)55-52-26-14-12-24-48(52)49-34-38(27-30-53(49)55)33-40-35-39-17-7-8-20-43(39)45-22-10-9-21-44(40)45/h1-30,34-36H,33H2. The molecule has 0 bridgehead atoms. The number of hydrogen-bond donors (Lipinski definition) is 0. The molecular weight excluding hydrogens is 663 g/mol. The van der Waals surface area contributed by atoms with Gasteiger partial charge in [0.2, 0.25) is 0 Å². The second kappa shape index (κ2) is 12.5. The van der Waals surface area contributed by atoms with Crippen molar-refractivity contribution in [1.82, 2.24) is 4.57 Å². The summed E-state index contributed by atoms with van der Waals surface area (Å²) in [5.74, 6) is 7.49. The summed E-state index contributed by atoms with van der Waals surface area (Å²) in [7, 11) is 0. The molecule has 0 aliphatic heterocycles. The van der Waals surface area contributed by atoms with Crippen LogP contribution in [0.1, 0.15) is 33.4 Å². The van der Waals surface area contributed by atoms with Gasteiger partial charge in [-0.15, -0.1) is 0 Å². The maximum absolute atomic E-state index is 3.88. The minimum absolute atomic E-state index is 0.645. The average Bonchev–Trinajstić information content (AvgIpc) is 3.73. The lowest BCUT2D eigenvalue weighted by atomic mass is 9.73. The number of fused-ring (bicyclic) bond motifs is 9. The fraction of sp³-hybridized carbons (Fsp3) is 0.0370. The van der Waals surface area contributed by atoms with E-state index in [1.165, 1.54) is 82.3 Å². The summed E-state index contributed by atoms with van der Waals surface area (Å²) in [4.78, 5) is 0. The van der Waals surface area contributed by atoms with Crippen LogP contribution in [0, 0.1) is 11.8 Å². The molecule has 1 aromatic heterocycles. The number of nitrogens with zero attached hydrogens (tertiary/aromatic N) is 1. The Morgan fingerprint density at radius 2 is 1.09 bits per heavy atom. The molecule has 0 fully saturated rings. The van der Waals surface area contributed by atoms with Crippen molar-refractivity contribution in [2.45, 2.75) is 11.8 Å². The van der Waals surface area contributed by atoms with Gasteiger partial charge in [0.05, 0.1) is 11.0 Å². The van der Waals surface area contributed by atoms with Gasteiger partial charge in [-0.05, 0) is 109 Å². The maximum Gasteiger partial charge on any atom is 0.108 e. The molecule has 0 N–H and O–H groups in total. The Morgan fingerprint density at radius 3 is 1.95 bits per heavy atom. The molecule has 1 heterocycles. The van der Waals surface area contributed by atoms with Crippen molar-refractivity contribution in [3.05, 3.63) is 234 Å². The average molecular weight is 698 g/mol. The first-order valence-electron chi connectivity index (χ1n) is 19.1. The van der Waals surface area contributed by atoms with E-state index in [2.05, 4.69) is 211 Å². The Labute approximate surface area is 320 Å². The first kappa shape index (κ1) is 31.4. The molecule has 0 saturated heterocycles. The first-order chi connectivity index (χ1) is 27.3. The van der Waals surface area contributed by atoms with E-state index >= 15 is 0 Å². The Morgan fingerprint density at radius 1 is 0.436 bits per heavy atom. The Kier molecular flexibility index (Phi) is 7.12. The van der Waals surface area contributed by atoms with Crippen LogP contribution in [-0.4, -0.2) is 4.57 Å². The van der Waals surface area contributed by atoms with Crippen LogP contribution in [0.5, 0.6) is 0 Å². The quantitative estimate of drug-likeness (QED) is 0.127. The Balaban J connectivity index is 1.10. The molecule has 1 unspecified atom stereocenters. The highest BCUT2D eigenvalue weighted by molar-refractivity contribution is 6.11. The van der Waals surface area contributed by atoms with Crippen LogP contribution >= 0.6 is 0 Å². The van der Waals surface area contributed by atoms with Gasteiger partial charge < -0.3 is 4.57 Å². The third-order valence-electron chi connectivity index (χ3n) is 11.6. The summed E-state index contributed by atoms with van der Waals surface area (Å²) >= 11 is 0. The molecule has 1 nitrogen and oxygen atoms in total. The van der Waals surface area contributed by atoms with Crippen molar-refractivity contribution in [1.29, 1.82) is 0 Å². The van der Waals surface area contributed by atoms with E-state index in [0.717, 1.165) is 17.7 Å². The van der Waals surface area contributed by atoms with Crippen LogP contribution in [0.15, 0.2) is 200 Å². The highest BCUT2D eigenvalue weighted by Gasteiger charge is 2.44. The normalized spacial score (nSPS) is 14.5. The van der Waals surface area contributed by atoms with Gasteiger partial charge in [0.1, 0.15) is 5.41 Å². The summed E-state index contributed by atoms with van der Waals surface area (Å²) in [6.07, 6.45) is 0.859. The van der Waals surface area contributed by atoms with E-state index in [0.29, 0.717) is 0 Å². The van der Waals surface area contributed by atoms with Gasteiger partial charge in [-0.25, -0.2) is 0 Å². The first-order valence-corrected chi connectivity index (χ1v) is 19.1. The lowest BCUT2D eigenvalue weighted by molar-refractivity contribution is 0.835. The van der Waals surface area contributed by atoms with E-state index in [4.69, 9.17) is 0 Å². The van der Waals surface area contributed by atoms with E-state index in [1.807, 2.05) is 6.07 Å². The molecule has 0 spiro atoms. The summed E-state index contributed by atoms with van der Waals surface area (Å²) < 4.78 is 2.45. The minimum atomic E-state index is -0.645. The van der Waals surface area contributed by atoms with Crippen molar-refractivity contribution in [3.8, 4) is 28.7 Å². The SMILES string of the molecule is C(#CC1(c2ccccc2)c2ccccc2-c2ccc(-n3c4ccccc4c4cc(Cc5cc6ccccc6c6ccccc56)ccc43)cc21)c1ccccc1. The van der Waals surface area contributed by atoms with E-state index in [1.54, 1.807) is 0 Å². The zero-order chi connectivity index (χ0) is 36.3. The molecule has 0 radical (unpaired) electrons. The van der Waals surface area contributed by atoms with Crippen LogP contribution in [0.2, 0.25) is 0 Å². The number of para-hydroxylation sites is 1. The predicted molar refractivity (Wildman–Crippen MR) is 230 cm³/mol. The number of aromatic nitrogens is 1. The zero-order valence-corrected chi connectivity index (χ0v) is 30.2. The van der Waals surface area contributed by atoms with Crippen LogP contribution < -0.4 is 0 Å². The number of rotatable bonds is 4. The van der Waals surface area contributed by atoms with Crippen molar-refractivity contribution in [2.24, 2.45) is 0 Å². The Hall–Kier alpha value is -7.14. The smallest absolute Gasteiger partial charge is 0.108 e. The summed E-state index contributed by atoms with van der Waals surface area (Å²) in [6, 6.07) is 72.9. The third kappa shape index (κ3) is 4.89. The second-order valence-corrected chi connectivity index (χ2v) is 14.7. The maximum atomic E-state index is 3.88. The molecule has 55 heavy (non-hydrogen) atoms. The Bertz CT molecular complexity index is 3180. The van der Waals surface area contributed by atoms with E-state index < -0.39 is 5.41 Å². The summed E-state index contributed by atoms with van der Waals surface area (Å²) in [6.45, 7) is 0. The van der Waals surface area contributed by atoms with Gasteiger partial charge >= 0.3 is 0 Å². The molecule has 10 aromatic rings.